The molecule has 18 heavy (non-hydrogen) atoms. The Labute approximate surface area is 109 Å². The minimum absolute atomic E-state index is 0.204. The zero-order valence-electron chi connectivity index (χ0n) is 11.7. The van der Waals surface area contributed by atoms with Crippen LogP contribution in [0, 0.1) is 5.92 Å². The molecule has 0 amide bonds. The first-order valence-corrected chi connectivity index (χ1v) is 6.69. The average Bonchev–Trinajstić information content (AvgIpc) is 2.39. The van der Waals surface area contributed by atoms with Crippen LogP contribution in [0.5, 0.6) is 0 Å². The molecule has 1 aliphatic carbocycles. The fourth-order valence-electron chi connectivity index (χ4n) is 2.18. The number of carbonyl (C=O) groups excluding carboxylic acids is 1. The zero-order valence-corrected chi connectivity index (χ0v) is 11.7. The number of hydrogen-bond donors (Lipinski definition) is 2. The summed E-state index contributed by atoms with van der Waals surface area (Å²) in [7, 11) is 3.15. The van der Waals surface area contributed by atoms with Crippen LogP contribution in [0.25, 0.3) is 0 Å². The van der Waals surface area contributed by atoms with Crippen molar-refractivity contribution in [3.63, 3.8) is 0 Å². The Morgan fingerprint density at radius 1 is 1.33 bits per heavy atom. The summed E-state index contributed by atoms with van der Waals surface area (Å²) in [5.74, 6) is 1.42. The standard InChI is InChI=1S/C13H25N3O2/c1-10-4-6-11(7-5-10)16-13(14-2)15-9-8-12(17)18-3/h10-11H,4-9H2,1-3H3,(H2,14,15,16). The SMILES string of the molecule is CN=C(NCCC(=O)OC)NC1CCC(C)CC1. The first kappa shape index (κ1) is 14.8. The third-order valence-electron chi connectivity index (χ3n) is 3.43. The van der Waals surface area contributed by atoms with Crippen LogP contribution in [0.2, 0.25) is 0 Å². The Kier molecular flexibility index (Phi) is 6.54. The van der Waals surface area contributed by atoms with Crippen LogP contribution < -0.4 is 10.6 Å². The monoisotopic (exact) mass is 255 g/mol. The van der Waals surface area contributed by atoms with E-state index in [2.05, 4.69) is 27.3 Å². The molecule has 0 unspecified atom stereocenters. The van der Waals surface area contributed by atoms with Crippen molar-refractivity contribution in [3.8, 4) is 0 Å². The number of nitrogens with one attached hydrogen (secondary N) is 2. The van der Waals surface area contributed by atoms with E-state index in [1.807, 2.05) is 0 Å². The van der Waals surface area contributed by atoms with Gasteiger partial charge in [0.1, 0.15) is 0 Å². The van der Waals surface area contributed by atoms with Crippen molar-refractivity contribution >= 4 is 11.9 Å². The summed E-state index contributed by atoms with van der Waals surface area (Å²) in [6.07, 6.45) is 5.30. The molecule has 0 heterocycles. The second kappa shape index (κ2) is 7.95. The van der Waals surface area contributed by atoms with Crippen LogP contribution >= 0.6 is 0 Å². The second-order valence-electron chi connectivity index (χ2n) is 4.93. The van der Waals surface area contributed by atoms with Gasteiger partial charge in [0.2, 0.25) is 0 Å². The molecule has 0 aliphatic heterocycles. The lowest BCUT2D eigenvalue weighted by molar-refractivity contribution is -0.140. The van der Waals surface area contributed by atoms with Gasteiger partial charge in [-0.3, -0.25) is 9.79 Å². The zero-order chi connectivity index (χ0) is 13.4. The van der Waals surface area contributed by atoms with Crippen molar-refractivity contribution in [2.45, 2.75) is 45.1 Å². The van der Waals surface area contributed by atoms with E-state index in [0.29, 0.717) is 19.0 Å². The lowest BCUT2D eigenvalue weighted by atomic mass is 9.87. The Morgan fingerprint density at radius 3 is 2.56 bits per heavy atom. The maximum Gasteiger partial charge on any atom is 0.307 e. The maximum absolute atomic E-state index is 11.0. The van der Waals surface area contributed by atoms with Crippen molar-refractivity contribution < 1.29 is 9.53 Å². The van der Waals surface area contributed by atoms with E-state index in [9.17, 15) is 4.79 Å². The molecule has 0 radical (unpaired) electrons. The van der Waals surface area contributed by atoms with Crippen LogP contribution in [0.4, 0.5) is 0 Å². The predicted octanol–water partition coefficient (Wildman–Crippen LogP) is 1.29. The number of guanidine groups is 1. The molecule has 5 nitrogen and oxygen atoms in total. The summed E-state index contributed by atoms with van der Waals surface area (Å²) < 4.78 is 4.59. The van der Waals surface area contributed by atoms with Crippen molar-refractivity contribution in [1.82, 2.24) is 10.6 Å². The molecule has 1 fully saturated rings. The number of rotatable bonds is 4. The first-order chi connectivity index (χ1) is 8.65. The first-order valence-electron chi connectivity index (χ1n) is 6.69. The molecule has 0 saturated heterocycles. The van der Waals surface area contributed by atoms with E-state index < -0.39 is 0 Å². The number of esters is 1. The molecular formula is C13H25N3O2. The lowest BCUT2D eigenvalue weighted by Gasteiger charge is -2.28. The molecule has 0 spiro atoms. The molecule has 1 aliphatic rings. The molecule has 5 heteroatoms. The minimum atomic E-state index is -0.204. The van der Waals surface area contributed by atoms with Gasteiger partial charge in [-0.2, -0.15) is 0 Å². The van der Waals surface area contributed by atoms with Crippen molar-refractivity contribution in [2.24, 2.45) is 10.9 Å². The largest absolute Gasteiger partial charge is 0.469 e. The number of hydrogen-bond acceptors (Lipinski definition) is 3. The highest BCUT2D eigenvalue weighted by Crippen LogP contribution is 2.23. The van der Waals surface area contributed by atoms with Gasteiger partial charge in [0.15, 0.2) is 5.96 Å². The molecule has 0 aromatic heterocycles. The Balaban J connectivity index is 2.23. The molecule has 0 atom stereocenters. The van der Waals surface area contributed by atoms with Gasteiger partial charge in [-0.25, -0.2) is 0 Å². The molecule has 104 valence electrons. The number of carbonyl (C=O) groups is 1. The number of methoxy groups -OCH3 is 1. The normalized spacial score (nSPS) is 24.5. The minimum Gasteiger partial charge on any atom is -0.469 e. The van der Waals surface area contributed by atoms with E-state index in [-0.39, 0.29) is 5.97 Å². The van der Waals surface area contributed by atoms with Crippen LogP contribution in [0.1, 0.15) is 39.0 Å². The molecular weight excluding hydrogens is 230 g/mol. The highest BCUT2D eigenvalue weighted by molar-refractivity contribution is 5.80. The van der Waals surface area contributed by atoms with Crippen LogP contribution in [0.3, 0.4) is 0 Å². The summed E-state index contributed by atoms with van der Waals surface area (Å²) in [4.78, 5) is 15.2. The van der Waals surface area contributed by atoms with Crippen LogP contribution in [-0.2, 0) is 9.53 Å². The van der Waals surface area contributed by atoms with Gasteiger partial charge in [0.25, 0.3) is 0 Å². The number of aliphatic imine (C=N–C) groups is 1. The molecule has 0 aromatic rings. The van der Waals surface area contributed by atoms with Gasteiger partial charge in [0, 0.05) is 19.6 Å². The summed E-state index contributed by atoms with van der Waals surface area (Å²) in [5, 5.41) is 6.54. The van der Waals surface area contributed by atoms with E-state index in [0.717, 1.165) is 11.9 Å². The van der Waals surface area contributed by atoms with Gasteiger partial charge in [-0.15, -0.1) is 0 Å². The smallest absolute Gasteiger partial charge is 0.307 e. The Morgan fingerprint density at radius 2 is 2.00 bits per heavy atom. The number of nitrogens with zero attached hydrogens (tertiary/aromatic N) is 1. The second-order valence-corrected chi connectivity index (χ2v) is 4.93. The summed E-state index contributed by atoms with van der Waals surface area (Å²) in [6.45, 7) is 2.86. The molecule has 1 rings (SSSR count). The topological polar surface area (TPSA) is 62.7 Å². The van der Waals surface area contributed by atoms with Gasteiger partial charge in [-0.1, -0.05) is 6.92 Å². The Hall–Kier alpha value is -1.26. The fraction of sp³-hybridized carbons (Fsp3) is 0.846. The van der Waals surface area contributed by atoms with Gasteiger partial charge in [0.05, 0.1) is 13.5 Å². The van der Waals surface area contributed by atoms with Gasteiger partial charge >= 0.3 is 5.97 Å². The van der Waals surface area contributed by atoms with E-state index in [4.69, 9.17) is 0 Å². The third kappa shape index (κ3) is 5.38. The van der Waals surface area contributed by atoms with Crippen molar-refractivity contribution in [1.29, 1.82) is 0 Å². The average molecular weight is 255 g/mol. The molecule has 2 N–H and O–H groups in total. The Bertz CT molecular complexity index is 284. The third-order valence-corrected chi connectivity index (χ3v) is 3.43. The van der Waals surface area contributed by atoms with E-state index in [1.54, 1.807) is 7.05 Å². The van der Waals surface area contributed by atoms with Crippen LogP contribution in [-0.4, -0.2) is 38.7 Å². The number of ether oxygens (including phenoxy) is 1. The predicted molar refractivity (Wildman–Crippen MR) is 72.6 cm³/mol. The van der Waals surface area contributed by atoms with E-state index in [1.165, 1.54) is 32.8 Å². The van der Waals surface area contributed by atoms with E-state index >= 15 is 0 Å². The molecule has 0 aromatic carbocycles. The lowest BCUT2D eigenvalue weighted by Crippen LogP contribution is -2.45. The highest BCUT2D eigenvalue weighted by atomic mass is 16.5. The fourth-order valence-corrected chi connectivity index (χ4v) is 2.18. The quantitative estimate of drug-likeness (QED) is 0.451. The van der Waals surface area contributed by atoms with Crippen LogP contribution in [0.15, 0.2) is 4.99 Å². The summed E-state index contributed by atoms with van der Waals surface area (Å²) in [5.41, 5.74) is 0. The molecule has 0 bridgehead atoms. The van der Waals surface area contributed by atoms with Gasteiger partial charge in [-0.05, 0) is 31.6 Å². The van der Waals surface area contributed by atoms with Gasteiger partial charge < -0.3 is 15.4 Å². The van der Waals surface area contributed by atoms with Crippen molar-refractivity contribution in [2.75, 3.05) is 20.7 Å². The summed E-state index contributed by atoms with van der Waals surface area (Å²) >= 11 is 0. The maximum atomic E-state index is 11.0. The molecule has 1 saturated carbocycles. The van der Waals surface area contributed by atoms with Crippen molar-refractivity contribution in [3.05, 3.63) is 0 Å². The highest BCUT2D eigenvalue weighted by Gasteiger charge is 2.18. The summed E-state index contributed by atoms with van der Waals surface area (Å²) in [6, 6.07) is 0.505.